The zero-order valence-corrected chi connectivity index (χ0v) is 15.9. The van der Waals surface area contributed by atoms with Gasteiger partial charge >= 0.3 is 6.09 Å². The van der Waals surface area contributed by atoms with E-state index in [1.807, 2.05) is 20.8 Å². The van der Waals surface area contributed by atoms with Crippen molar-refractivity contribution in [2.24, 2.45) is 0 Å². The van der Waals surface area contributed by atoms with Crippen LogP contribution in [0.3, 0.4) is 0 Å². The summed E-state index contributed by atoms with van der Waals surface area (Å²) in [6.45, 7) is 10.2. The number of rotatable bonds is 2. The summed E-state index contributed by atoms with van der Waals surface area (Å²) in [5.74, 6) is 1.53. The molecular formula is C17H26ClN5O2. The zero-order valence-electron chi connectivity index (χ0n) is 15.2. The van der Waals surface area contributed by atoms with E-state index in [0.717, 1.165) is 18.9 Å². The van der Waals surface area contributed by atoms with Crippen molar-refractivity contribution in [3.05, 3.63) is 11.2 Å². The molecule has 2 aliphatic heterocycles. The van der Waals surface area contributed by atoms with Crippen LogP contribution in [0.4, 0.5) is 16.6 Å². The summed E-state index contributed by atoms with van der Waals surface area (Å²) in [6, 6.07) is 1.80. The lowest BCUT2D eigenvalue weighted by atomic mass is 10.2. The highest BCUT2D eigenvalue weighted by atomic mass is 35.5. The molecule has 1 aromatic heterocycles. The highest BCUT2D eigenvalue weighted by molar-refractivity contribution is 6.29. The van der Waals surface area contributed by atoms with Crippen molar-refractivity contribution in [3.8, 4) is 0 Å². The average molecular weight is 368 g/mol. The van der Waals surface area contributed by atoms with Gasteiger partial charge in [0.15, 0.2) is 0 Å². The van der Waals surface area contributed by atoms with Crippen molar-refractivity contribution in [2.75, 3.05) is 49.1 Å². The lowest BCUT2D eigenvalue weighted by molar-refractivity contribution is 0.0240. The molecule has 2 saturated heterocycles. The normalized spacial score (nSPS) is 18.6. The molecule has 3 rings (SSSR count). The van der Waals surface area contributed by atoms with Crippen molar-refractivity contribution < 1.29 is 9.53 Å². The Balaban J connectivity index is 1.64. The molecule has 138 valence electrons. The van der Waals surface area contributed by atoms with Crippen LogP contribution in [-0.2, 0) is 4.74 Å². The van der Waals surface area contributed by atoms with Gasteiger partial charge in [0.25, 0.3) is 0 Å². The van der Waals surface area contributed by atoms with Crippen LogP contribution in [0.15, 0.2) is 6.07 Å². The molecule has 0 aliphatic carbocycles. The van der Waals surface area contributed by atoms with Crippen molar-refractivity contribution in [2.45, 2.75) is 39.2 Å². The van der Waals surface area contributed by atoms with E-state index in [1.165, 1.54) is 12.8 Å². The van der Waals surface area contributed by atoms with Crippen LogP contribution in [0.2, 0.25) is 5.15 Å². The third kappa shape index (κ3) is 4.66. The maximum absolute atomic E-state index is 12.2. The van der Waals surface area contributed by atoms with Crippen LogP contribution in [0, 0.1) is 0 Å². The molecule has 7 nitrogen and oxygen atoms in total. The van der Waals surface area contributed by atoms with Crippen LogP contribution < -0.4 is 9.80 Å². The molecule has 0 saturated carbocycles. The van der Waals surface area contributed by atoms with Gasteiger partial charge in [-0.15, -0.1) is 0 Å². The fraction of sp³-hybridized carbons (Fsp3) is 0.706. The molecule has 1 aromatic rings. The lowest BCUT2D eigenvalue weighted by Crippen LogP contribution is -2.50. The molecule has 2 fully saturated rings. The molecule has 0 radical (unpaired) electrons. The summed E-state index contributed by atoms with van der Waals surface area (Å²) in [7, 11) is 0. The van der Waals surface area contributed by atoms with E-state index in [4.69, 9.17) is 21.3 Å². The third-order valence-corrected chi connectivity index (χ3v) is 4.51. The highest BCUT2D eigenvalue weighted by Gasteiger charge is 2.27. The Morgan fingerprint density at radius 2 is 1.68 bits per heavy atom. The highest BCUT2D eigenvalue weighted by Crippen LogP contribution is 2.24. The van der Waals surface area contributed by atoms with Gasteiger partial charge in [-0.1, -0.05) is 11.6 Å². The van der Waals surface area contributed by atoms with Crippen LogP contribution in [0.1, 0.15) is 33.6 Å². The molecule has 0 unspecified atom stereocenters. The molecule has 1 amide bonds. The summed E-state index contributed by atoms with van der Waals surface area (Å²) < 4.78 is 5.44. The van der Waals surface area contributed by atoms with Gasteiger partial charge in [0.2, 0.25) is 5.95 Å². The maximum atomic E-state index is 12.2. The predicted octanol–water partition coefficient (Wildman–Crippen LogP) is 2.79. The second kappa shape index (κ2) is 7.23. The third-order valence-electron chi connectivity index (χ3n) is 4.31. The second-order valence-electron chi connectivity index (χ2n) is 7.50. The van der Waals surface area contributed by atoms with Crippen molar-refractivity contribution >= 4 is 29.5 Å². The zero-order chi connectivity index (χ0) is 18.0. The topological polar surface area (TPSA) is 61.8 Å². The number of nitrogens with zero attached hydrogens (tertiary/aromatic N) is 5. The van der Waals surface area contributed by atoms with Gasteiger partial charge in [-0.2, -0.15) is 4.98 Å². The largest absolute Gasteiger partial charge is 0.444 e. The SMILES string of the molecule is CC(C)(C)OC(=O)N1CCN(c2cc(Cl)nc(N3CCCC3)n2)CC1. The van der Waals surface area contributed by atoms with E-state index in [0.29, 0.717) is 37.3 Å². The number of amides is 1. The molecule has 0 aromatic carbocycles. The van der Waals surface area contributed by atoms with E-state index in [2.05, 4.69) is 14.8 Å². The second-order valence-corrected chi connectivity index (χ2v) is 7.88. The summed E-state index contributed by atoms with van der Waals surface area (Å²) in [5, 5.41) is 0.460. The Kier molecular flexibility index (Phi) is 5.22. The molecule has 8 heteroatoms. The average Bonchev–Trinajstić information content (AvgIpc) is 3.07. The first-order chi connectivity index (χ1) is 11.8. The van der Waals surface area contributed by atoms with Gasteiger partial charge in [0.05, 0.1) is 0 Å². The van der Waals surface area contributed by atoms with E-state index in [1.54, 1.807) is 11.0 Å². The van der Waals surface area contributed by atoms with Crippen molar-refractivity contribution in [1.82, 2.24) is 14.9 Å². The maximum Gasteiger partial charge on any atom is 0.410 e. The number of halogens is 1. The molecule has 0 atom stereocenters. The standard InChI is InChI=1S/C17H26ClN5O2/c1-17(2,3)25-16(24)23-10-8-21(9-11-23)14-12-13(18)19-15(20-14)22-6-4-5-7-22/h12H,4-11H2,1-3H3. The Morgan fingerprint density at radius 3 is 2.28 bits per heavy atom. The van der Waals surface area contributed by atoms with Crippen LogP contribution in [-0.4, -0.2) is 65.8 Å². The van der Waals surface area contributed by atoms with E-state index in [9.17, 15) is 4.79 Å². The number of carbonyl (C=O) groups excluding carboxylic acids is 1. The molecular weight excluding hydrogens is 342 g/mol. The van der Waals surface area contributed by atoms with Crippen LogP contribution in [0.25, 0.3) is 0 Å². The van der Waals surface area contributed by atoms with Gasteiger partial charge in [0, 0.05) is 45.3 Å². The van der Waals surface area contributed by atoms with Gasteiger partial charge in [-0.05, 0) is 33.6 Å². The van der Waals surface area contributed by atoms with E-state index in [-0.39, 0.29) is 6.09 Å². The summed E-state index contributed by atoms with van der Waals surface area (Å²) >= 11 is 6.21. The molecule has 0 spiro atoms. The predicted molar refractivity (Wildman–Crippen MR) is 98.5 cm³/mol. The number of ether oxygens (including phenoxy) is 1. The minimum Gasteiger partial charge on any atom is -0.444 e. The summed E-state index contributed by atoms with van der Waals surface area (Å²) in [5.41, 5.74) is -0.473. The molecule has 0 bridgehead atoms. The Labute approximate surface area is 153 Å². The van der Waals surface area contributed by atoms with E-state index < -0.39 is 5.60 Å². The number of hydrogen-bond acceptors (Lipinski definition) is 6. The van der Waals surface area contributed by atoms with Crippen molar-refractivity contribution in [3.63, 3.8) is 0 Å². The summed E-state index contributed by atoms with van der Waals surface area (Å²) in [4.78, 5) is 27.3. The minimum absolute atomic E-state index is 0.259. The van der Waals surface area contributed by atoms with Gasteiger partial charge in [-0.3, -0.25) is 0 Å². The first-order valence-corrected chi connectivity index (χ1v) is 9.22. The van der Waals surface area contributed by atoms with Crippen LogP contribution in [0.5, 0.6) is 0 Å². The Morgan fingerprint density at radius 1 is 1.04 bits per heavy atom. The first-order valence-electron chi connectivity index (χ1n) is 8.84. The number of piperazine rings is 1. The summed E-state index contributed by atoms with van der Waals surface area (Å²) in [6.07, 6.45) is 2.07. The number of carbonyl (C=O) groups is 1. The molecule has 2 aliphatic rings. The molecule has 0 N–H and O–H groups in total. The molecule has 3 heterocycles. The smallest absolute Gasteiger partial charge is 0.410 e. The number of hydrogen-bond donors (Lipinski definition) is 0. The van der Waals surface area contributed by atoms with Gasteiger partial charge < -0.3 is 19.4 Å². The number of aromatic nitrogens is 2. The van der Waals surface area contributed by atoms with Crippen LogP contribution >= 0.6 is 11.6 Å². The van der Waals surface area contributed by atoms with E-state index >= 15 is 0 Å². The van der Waals surface area contributed by atoms with Crippen molar-refractivity contribution in [1.29, 1.82) is 0 Å². The van der Waals surface area contributed by atoms with Gasteiger partial charge in [-0.25, -0.2) is 9.78 Å². The fourth-order valence-corrected chi connectivity index (χ4v) is 3.23. The minimum atomic E-state index is -0.473. The Hall–Kier alpha value is -1.76. The molecule has 25 heavy (non-hydrogen) atoms. The lowest BCUT2D eigenvalue weighted by Gasteiger charge is -2.36. The number of anilines is 2. The van der Waals surface area contributed by atoms with Gasteiger partial charge in [0.1, 0.15) is 16.6 Å². The first kappa shape index (κ1) is 18.0. The fourth-order valence-electron chi connectivity index (χ4n) is 3.06. The monoisotopic (exact) mass is 367 g/mol. The quantitative estimate of drug-likeness (QED) is 0.749. The Bertz CT molecular complexity index is 620.